The van der Waals surface area contributed by atoms with Crippen LogP contribution in [0, 0.1) is 6.92 Å². The Morgan fingerprint density at radius 1 is 1.09 bits per heavy atom. The first-order chi connectivity index (χ1) is 15.7. The van der Waals surface area contributed by atoms with Crippen LogP contribution in [0.3, 0.4) is 0 Å². The van der Waals surface area contributed by atoms with Crippen molar-refractivity contribution in [2.45, 2.75) is 25.8 Å². The van der Waals surface area contributed by atoms with Gasteiger partial charge in [-0.2, -0.15) is 0 Å². The van der Waals surface area contributed by atoms with Crippen LogP contribution in [0.1, 0.15) is 45.7 Å². The number of aryl methyl sites for hydroxylation is 1. The van der Waals surface area contributed by atoms with Gasteiger partial charge in [-0.05, 0) is 36.8 Å². The van der Waals surface area contributed by atoms with E-state index in [1.54, 1.807) is 6.92 Å². The molecule has 3 N–H and O–H groups in total. The van der Waals surface area contributed by atoms with E-state index in [2.05, 4.69) is 10.1 Å². The summed E-state index contributed by atoms with van der Waals surface area (Å²) in [4.78, 5) is 36.4. The first kappa shape index (κ1) is 23.5. The third kappa shape index (κ3) is 5.35. The number of esters is 1. The number of nitrogens with one attached hydrogen (secondary N) is 1. The average molecular weight is 457 g/mol. The Hall–Kier alpha value is -4.21. The molecule has 3 rings (SSSR count). The minimum absolute atomic E-state index is 0.00210. The lowest BCUT2D eigenvalue weighted by Gasteiger charge is -2.18. The minimum Gasteiger partial charge on any atom is -0.504 e. The van der Waals surface area contributed by atoms with E-state index in [9.17, 15) is 24.6 Å². The number of phenolic OH excluding ortho intramolecular Hbond substituents is 1. The average Bonchev–Trinajstić information content (AvgIpc) is 3.27. The van der Waals surface area contributed by atoms with E-state index in [4.69, 9.17) is 13.6 Å². The van der Waals surface area contributed by atoms with Gasteiger partial charge >= 0.3 is 5.97 Å². The summed E-state index contributed by atoms with van der Waals surface area (Å²) in [5, 5.41) is 22.9. The van der Waals surface area contributed by atoms with Gasteiger partial charge in [0, 0.05) is 12.5 Å². The van der Waals surface area contributed by atoms with E-state index in [1.165, 1.54) is 44.6 Å². The summed E-state index contributed by atoms with van der Waals surface area (Å²) in [6.45, 7) is 1.54. The molecule has 1 unspecified atom stereocenters. The summed E-state index contributed by atoms with van der Waals surface area (Å²) in [6.07, 6.45) is -0.210. The maximum absolute atomic E-state index is 12.7. The Kier molecular flexibility index (Phi) is 7.07. The first-order valence-electron chi connectivity index (χ1n) is 9.87. The highest BCUT2D eigenvalue weighted by Crippen LogP contribution is 2.37. The predicted octanol–water partition coefficient (Wildman–Crippen LogP) is 2.59. The van der Waals surface area contributed by atoms with Crippen LogP contribution in [0.25, 0.3) is 0 Å². The molecule has 2 aromatic heterocycles. The van der Waals surface area contributed by atoms with E-state index in [0.29, 0.717) is 11.3 Å². The number of phenols is 1. The van der Waals surface area contributed by atoms with Crippen molar-refractivity contribution >= 4 is 11.9 Å². The smallest absolute Gasteiger partial charge is 0.373 e. The fraction of sp³-hybridized carbons (Fsp3) is 0.261. The van der Waals surface area contributed by atoms with Crippen LogP contribution in [-0.4, -0.2) is 36.3 Å². The monoisotopic (exact) mass is 457 g/mol. The molecule has 0 aliphatic carbocycles. The van der Waals surface area contributed by atoms with E-state index in [1.807, 2.05) is 0 Å². The summed E-state index contributed by atoms with van der Waals surface area (Å²) >= 11 is 0. The summed E-state index contributed by atoms with van der Waals surface area (Å²) in [5.41, 5.74) is -0.175. The predicted molar refractivity (Wildman–Crippen MR) is 114 cm³/mol. The number of aromatic hydroxyl groups is 2. The van der Waals surface area contributed by atoms with Gasteiger partial charge < -0.3 is 33.8 Å². The Labute approximate surface area is 188 Å². The molecule has 1 aromatic carbocycles. The van der Waals surface area contributed by atoms with Gasteiger partial charge in [0.15, 0.2) is 17.3 Å². The summed E-state index contributed by atoms with van der Waals surface area (Å²) in [5.74, 6) is -2.03. The van der Waals surface area contributed by atoms with Gasteiger partial charge in [-0.25, -0.2) is 4.79 Å². The van der Waals surface area contributed by atoms with Crippen LogP contribution in [0.5, 0.6) is 17.2 Å². The van der Waals surface area contributed by atoms with Crippen molar-refractivity contribution < 1.29 is 38.1 Å². The van der Waals surface area contributed by atoms with Crippen molar-refractivity contribution in [3.63, 3.8) is 0 Å². The maximum atomic E-state index is 12.7. The number of benzene rings is 1. The Balaban J connectivity index is 1.87. The molecule has 33 heavy (non-hydrogen) atoms. The molecule has 1 atom stereocenters. The normalized spacial score (nSPS) is 11.6. The molecule has 174 valence electrons. The minimum atomic E-state index is -0.866. The zero-order valence-corrected chi connectivity index (χ0v) is 18.2. The van der Waals surface area contributed by atoms with Gasteiger partial charge in [-0.15, -0.1) is 0 Å². The largest absolute Gasteiger partial charge is 0.504 e. The second kappa shape index (κ2) is 9.94. The number of amides is 1. The van der Waals surface area contributed by atoms with Crippen molar-refractivity contribution in [2.24, 2.45) is 0 Å². The molecule has 0 radical (unpaired) electrons. The quantitative estimate of drug-likeness (QED) is 0.434. The number of rotatable bonds is 8. The molecular weight excluding hydrogens is 434 g/mol. The number of carbonyl (C=O) groups is 2. The van der Waals surface area contributed by atoms with Crippen LogP contribution in [0.15, 0.2) is 50.0 Å². The number of methoxy groups -OCH3 is 2. The van der Waals surface area contributed by atoms with Crippen LogP contribution in [0.4, 0.5) is 0 Å². The van der Waals surface area contributed by atoms with Gasteiger partial charge in [0.1, 0.15) is 11.5 Å². The highest BCUT2D eigenvalue weighted by molar-refractivity contribution is 5.86. The van der Waals surface area contributed by atoms with Crippen molar-refractivity contribution in [1.82, 2.24) is 5.32 Å². The molecule has 0 aliphatic heterocycles. The molecule has 3 aromatic rings. The number of furan rings is 1. The molecule has 0 spiro atoms. The van der Waals surface area contributed by atoms with Gasteiger partial charge in [0.05, 0.1) is 26.7 Å². The van der Waals surface area contributed by atoms with Crippen molar-refractivity contribution in [2.75, 3.05) is 14.2 Å². The van der Waals surface area contributed by atoms with Gasteiger partial charge in [0.2, 0.25) is 22.8 Å². The zero-order chi connectivity index (χ0) is 24.1. The fourth-order valence-electron chi connectivity index (χ4n) is 3.26. The third-order valence-electron chi connectivity index (χ3n) is 4.89. The Bertz CT molecular complexity index is 1220. The summed E-state index contributed by atoms with van der Waals surface area (Å²) in [7, 11) is 2.60. The number of hydrogen-bond acceptors (Lipinski definition) is 9. The van der Waals surface area contributed by atoms with E-state index in [-0.39, 0.29) is 41.7 Å². The van der Waals surface area contributed by atoms with Gasteiger partial charge in [0.25, 0.3) is 0 Å². The summed E-state index contributed by atoms with van der Waals surface area (Å²) < 4.78 is 20.6. The second-order valence-corrected chi connectivity index (χ2v) is 7.16. The highest BCUT2D eigenvalue weighted by atomic mass is 16.5. The van der Waals surface area contributed by atoms with Crippen LogP contribution >= 0.6 is 0 Å². The number of ether oxygens (including phenoxy) is 2. The molecule has 1 amide bonds. The number of carbonyl (C=O) groups excluding carboxylic acids is 2. The number of hydrogen-bond donors (Lipinski definition) is 3. The van der Waals surface area contributed by atoms with Crippen molar-refractivity contribution in [1.29, 1.82) is 0 Å². The lowest BCUT2D eigenvalue weighted by atomic mass is 9.91. The topological polar surface area (TPSA) is 148 Å². The van der Waals surface area contributed by atoms with Crippen molar-refractivity contribution in [3.05, 3.63) is 75.2 Å². The molecule has 2 heterocycles. The van der Waals surface area contributed by atoms with E-state index in [0.717, 1.165) is 6.07 Å². The zero-order valence-electron chi connectivity index (χ0n) is 18.2. The molecule has 10 heteroatoms. The second-order valence-electron chi connectivity index (χ2n) is 7.16. The fourth-order valence-corrected chi connectivity index (χ4v) is 3.26. The molecule has 0 saturated heterocycles. The maximum Gasteiger partial charge on any atom is 0.373 e. The van der Waals surface area contributed by atoms with E-state index >= 15 is 0 Å². The van der Waals surface area contributed by atoms with Crippen LogP contribution in [-0.2, 0) is 16.1 Å². The molecule has 0 fully saturated rings. The highest BCUT2D eigenvalue weighted by Gasteiger charge is 2.27. The standard InChI is InChI=1S/C23H23NO9/c1-12-8-17(26)21(28)22(32-12)15(13-4-6-16(25)19(9-13)30-2)10-20(27)24-11-14-5-7-18(33-14)23(29)31-3/h4-9,15,25,28H,10-11H2,1-3H3,(H,24,27). The molecule has 0 bridgehead atoms. The van der Waals surface area contributed by atoms with Crippen molar-refractivity contribution in [3.8, 4) is 17.2 Å². The Morgan fingerprint density at radius 2 is 1.85 bits per heavy atom. The van der Waals surface area contributed by atoms with Crippen LogP contribution < -0.4 is 15.5 Å². The molecule has 10 nitrogen and oxygen atoms in total. The van der Waals surface area contributed by atoms with Gasteiger partial charge in [-0.1, -0.05) is 6.07 Å². The Morgan fingerprint density at radius 3 is 2.55 bits per heavy atom. The van der Waals surface area contributed by atoms with E-state index < -0.39 is 29.0 Å². The SMILES string of the molecule is COC(=O)c1ccc(CNC(=O)CC(c2ccc(O)c(OC)c2)c2oc(C)cc(=O)c2O)o1. The third-order valence-corrected chi connectivity index (χ3v) is 4.89. The molecule has 0 saturated carbocycles. The van der Waals surface area contributed by atoms with Crippen LogP contribution in [0.2, 0.25) is 0 Å². The lowest BCUT2D eigenvalue weighted by Crippen LogP contribution is -2.25. The first-order valence-corrected chi connectivity index (χ1v) is 9.87. The lowest BCUT2D eigenvalue weighted by molar-refractivity contribution is -0.121. The van der Waals surface area contributed by atoms with Gasteiger partial charge in [-0.3, -0.25) is 9.59 Å². The summed E-state index contributed by atoms with van der Waals surface area (Å²) in [6, 6.07) is 8.50. The molecule has 0 aliphatic rings. The molecular formula is C23H23NO9.